The second-order valence-electron chi connectivity index (χ2n) is 5.26. The molecule has 0 aliphatic rings. The molecule has 0 spiro atoms. The molecule has 0 radical (unpaired) electrons. The Balaban J connectivity index is 2.22. The van der Waals surface area contributed by atoms with Crippen molar-refractivity contribution in [2.75, 3.05) is 33.4 Å². The molecule has 1 rings (SSSR count). The van der Waals surface area contributed by atoms with Gasteiger partial charge in [0.05, 0.1) is 26.3 Å². The molecule has 0 saturated heterocycles. The van der Waals surface area contributed by atoms with Crippen LogP contribution in [0, 0.1) is 0 Å². The molecule has 2 N–H and O–H groups in total. The van der Waals surface area contributed by atoms with E-state index in [1.54, 1.807) is 7.11 Å². The smallest absolute Gasteiger partial charge is 0.122 e. The minimum absolute atomic E-state index is 0.563. The van der Waals surface area contributed by atoms with E-state index in [1.807, 2.05) is 0 Å². The van der Waals surface area contributed by atoms with Crippen LogP contribution in [0.25, 0.3) is 0 Å². The summed E-state index contributed by atoms with van der Waals surface area (Å²) in [6.45, 7) is 8.32. The summed E-state index contributed by atoms with van der Waals surface area (Å²) < 4.78 is 11.0. The topological polar surface area (TPSA) is 35.1 Å². The Hall–Kier alpha value is -1.06. The number of unbranched alkanes of at least 4 members (excludes halogenated alkanes) is 1. The number of hydrogen-bond acceptors (Lipinski definition) is 2. The highest BCUT2D eigenvalue weighted by Gasteiger charge is 2.09. The molecule has 0 fully saturated rings. The van der Waals surface area contributed by atoms with Crippen molar-refractivity contribution >= 4 is 0 Å². The molecule has 20 heavy (non-hydrogen) atoms. The fourth-order valence-corrected chi connectivity index (χ4v) is 2.16. The minimum atomic E-state index is 0.563. The molecule has 114 valence electrons. The van der Waals surface area contributed by atoms with E-state index >= 15 is 0 Å². The van der Waals surface area contributed by atoms with Gasteiger partial charge in [-0.2, -0.15) is 0 Å². The number of quaternary nitrogens is 1. The highest BCUT2D eigenvalue weighted by atomic mass is 16.5. The lowest BCUT2D eigenvalue weighted by Crippen LogP contribution is -2.85. The maximum absolute atomic E-state index is 5.95. The van der Waals surface area contributed by atoms with Crippen molar-refractivity contribution in [3.63, 3.8) is 0 Å². The van der Waals surface area contributed by atoms with Gasteiger partial charge in [0.15, 0.2) is 0 Å². The van der Waals surface area contributed by atoms with Gasteiger partial charge in [0, 0.05) is 7.11 Å². The molecule has 0 amide bonds. The van der Waals surface area contributed by atoms with E-state index in [-0.39, 0.29) is 0 Å². The SMILES string of the molecule is CC[C@H](C)c1ccccc1OCCCC[NH2+]CCOC. The predicted octanol–water partition coefficient (Wildman–Crippen LogP) is 2.57. The van der Waals surface area contributed by atoms with Crippen LogP contribution in [0.5, 0.6) is 5.75 Å². The van der Waals surface area contributed by atoms with Gasteiger partial charge in [0.2, 0.25) is 0 Å². The molecule has 0 heterocycles. The summed E-state index contributed by atoms with van der Waals surface area (Å²) >= 11 is 0. The third kappa shape index (κ3) is 6.40. The standard InChI is InChI=1S/C17H29NO2/c1-4-15(2)16-9-5-6-10-17(16)20-13-8-7-11-18-12-14-19-3/h5-6,9-10,15,18H,4,7-8,11-14H2,1-3H3/p+1/t15-/m0/s1. The first-order valence-electron chi connectivity index (χ1n) is 7.81. The van der Waals surface area contributed by atoms with Crippen LogP contribution in [-0.2, 0) is 4.74 Å². The fraction of sp³-hybridized carbons (Fsp3) is 0.647. The molecule has 1 aromatic carbocycles. The fourth-order valence-electron chi connectivity index (χ4n) is 2.16. The van der Waals surface area contributed by atoms with Gasteiger partial charge in [0.1, 0.15) is 5.75 Å². The average molecular weight is 280 g/mol. The van der Waals surface area contributed by atoms with Crippen LogP contribution in [0.15, 0.2) is 24.3 Å². The molecule has 1 aromatic rings. The lowest BCUT2D eigenvalue weighted by atomic mass is 9.98. The molecular formula is C17H30NO2+. The van der Waals surface area contributed by atoms with Crippen LogP contribution in [0.1, 0.15) is 44.6 Å². The lowest BCUT2D eigenvalue weighted by Gasteiger charge is -2.15. The molecule has 1 atom stereocenters. The number of nitrogens with two attached hydrogens (primary N) is 1. The van der Waals surface area contributed by atoms with Gasteiger partial charge in [-0.25, -0.2) is 0 Å². The van der Waals surface area contributed by atoms with E-state index in [9.17, 15) is 0 Å². The molecular weight excluding hydrogens is 250 g/mol. The summed E-state index contributed by atoms with van der Waals surface area (Å²) in [7, 11) is 1.75. The van der Waals surface area contributed by atoms with E-state index < -0.39 is 0 Å². The van der Waals surface area contributed by atoms with Crippen LogP contribution < -0.4 is 10.1 Å². The van der Waals surface area contributed by atoms with Gasteiger partial charge in [0.25, 0.3) is 0 Å². The van der Waals surface area contributed by atoms with Gasteiger partial charge in [-0.05, 0) is 36.8 Å². The highest BCUT2D eigenvalue weighted by Crippen LogP contribution is 2.28. The molecule has 0 unspecified atom stereocenters. The lowest BCUT2D eigenvalue weighted by molar-refractivity contribution is -0.656. The Morgan fingerprint density at radius 1 is 1.10 bits per heavy atom. The minimum Gasteiger partial charge on any atom is -0.493 e. The largest absolute Gasteiger partial charge is 0.493 e. The van der Waals surface area contributed by atoms with Crippen molar-refractivity contribution in [1.82, 2.24) is 0 Å². The Bertz CT molecular complexity index is 355. The first kappa shape index (κ1) is 17.0. The van der Waals surface area contributed by atoms with Crippen LogP contribution in [0.3, 0.4) is 0 Å². The van der Waals surface area contributed by atoms with Gasteiger partial charge in [-0.3, -0.25) is 0 Å². The highest BCUT2D eigenvalue weighted by molar-refractivity contribution is 5.35. The monoisotopic (exact) mass is 280 g/mol. The Labute approximate surface area is 123 Å². The maximum atomic E-state index is 5.95. The Morgan fingerprint density at radius 3 is 2.65 bits per heavy atom. The maximum Gasteiger partial charge on any atom is 0.122 e. The van der Waals surface area contributed by atoms with E-state index in [0.29, 0.717) is 5.92 Å². The van der Waals surface area contributed by atoms with E-state index in [2.05, 4.69) is 43.4 Å². The summed E-state index contributed by atoms with van der Waals surface area (Å²) in [6, 6.07) is 8.42. The van der Waals surface area contributed by atoms with Crippen LogP contribution in [0.2, 0.25) is 0 Å². The second-order valence-corrected chi connectivity index (χ2v) is 5.26. The third-order valence-corrected chi connectivity index (χ3v) is 3.65. The molecule has 0 aliphatic carbocycles. The Morgan fingerprint density at radius 2 is 1.90 bits per heavy atom. The molecule has 3 heteroatoms. The summed E-state index contributed by atoms with van der Waals surface area (Å²) in [4.78, 5) is 0. The summed E-state index contributed by atoms with van der Waals surface area (Å²) in [5, 5.41) is 2.30. The van der Waals surface area contributed by atoms with Gasteiger partial charge in [-0.1, -0.05) is 32.0 Å². The van der Waals surface area contributed by atoms with Crippen molar-refractivity contribution < 1.29 is 14.8 Å². The number of para-hydroxylation sites is 1. The number of rotatable bonds is 11. The number of ether oxygens (including phenoxy) is 2. The van der Waals surface area contributed by atoms with E-state index in [0.717, 1.165) is 44.9 Å². The quantitative estimate of drug-likeness (QED) is 0.632. The normalized spacial score (nSPS) is 12.3. The van der Waals surface area contributed by atoms with Crippen LogP contribution in [0.4, 0.5) is 0 Å². The average Bonchev–Trinajstić information content (AvgIpc) is 2.49. The summed E-state index contributed by atoms with van der Waals surface area (Å²) in [6.07, 6.45) is 3.45. The number of hydrogen-bond donors (Lipinski definition) is 1. The number of benzene rings is 1. The van der Waals surface area contributed by atoms with Crippen molar-refractivity contribution in [2.24, 2.45) is 0 Å². The molecule has 0 aliphatic heterocycles. The predicted molar refractivity (Wildman–Crippen MR) is 83.4 cm³/mol. The van der Waals surface area contributed by atoms with E-state index in [4.69, 9.17) is 9.47 Å². The summed E-state index contributed by atoms with van der Waals surface area (Å²) in [5.41, 5.74) is 1.33. The van der Waals surface area contributed by atoms with Gasteiger partial charge in [-0.15, -0.1) is 0 Å². The zero-order chi connectivity index (χ0) is 14.6. The van der Waals surface area contributed by atoms with Crippen molar-refractivity contribution in [3.8, 4) is 5.75 Å². The molecule has 0 bridgehead atoms. The summed E-state index contributed by atoms with van der Waals surface area (Å²) in [5.74, 6) is 1.62. The van der Waals surface area contributed by atoms with Crippen LogP contribution >= 0.6 is 0 Å². The van der Waals surface area contributed by atoms with E-state index in [1.165, 1.54) is 12.0 Å². The second kappa shape index (κ2) is 10.7. The van der Waals surface area contributed by atoms with Gasteiger partial charge >= 0.3 is 0 Å². The zero-order valence-corrected chi connectivity index (χ0v) is 13.2. The van der Waals surface area contributed by atoms with Crippen molar-refractivity contribution in [3.05, 3.63) is 29.8 Å². The van der Waals surface area contributed by atoms with Crippen molar-refractivity contribution in [2.45, 2.75) is 39.0 Å². The molecule has 3 nitrogen and oxygen atoms in total. The zero-order valence-electron chi connectivity index (χ0n) is 13.2. The first-order valence-corrected chi connectivity index (χ1v) is 7.81. The number of methoxy groups -OCH3 is 1. The van der Waals surface area contributed by atoms with Crippen molar-refractivity contribution in [1.29, 1.82) is 0 Å². The molecule has 0 aromatic heterocycles. The van der Waals surface area contributed by atoms with Crippen LogP contribution in [-0.4, -0.2) is 33.4 Å². The first-order chi connectivity index (χ1) is 9.79. The third-order valence-electron chi connectivity index (χ3n) is 3.65. The van der Waals surface area contributed by atoms with Gasteiger partial charge < -0.3 is 14.8 Å². The Kier molecular flexibility index (Phi) is 9.09. The molecule has 0 saturated carbocycles.